The number of rotatable bonds is 0. The van der Waals surface area contributed by atoms with Gasteiger partial charge in [-0.15, -0.1) is 0 Å². The van der Waals surface area contributed by atoms with E-state index in [-0.39, 0.29) is 0 Å². The molecule has 0 fully saturated rings. The molecule has 1 aliphatic rings. The van der Waals surface area contributed by atoms with Crippen molar-refractivity contribution < 1.29 is 0 Å². The summed E-state index contributed by atoms with van der Waals surface area (Å²) in [6, 6.07) is 0. The third kappa shape index (κ3) is 5.01. The van der Waals surface area contributed by atoms with E-state index in [2.05, 4.69) is 52.0 Å². The Morgan fingerprint density at radius 2 is 1.73 bits per heavy atom. The van der Waals surface area contributed by atoms with Crippen molar-refractivity contribution in [2.24, 2.45) is 5.41 Å². The van der Waals surface area contributed by atoms with Crippen LogP contribution in [0.25, 0.3) is 0 Å². The van der Waals surface area contributed by atoms with Gasteiger partial charge >= 0.3 is 0 Å². The van der Waals surface area contributed by atoms with E-state index in [9.17, 15) is 0 Å². The molecule has 84 valence electrons. The first-order valence-corrected chi connectivity index (χ1v) is 5.98. The topological polar surface area (TPSA) is 0 Å². The quantitative estimate of drug-likeness (QED) is 0.485. The molecule has 0 unspecified atom stereocenters. The second-order valence-corrected chi connectivity index (χ2v) is 5.43. The lowest BCUT2D eigenvalue weighted by molar-refractivity contribution is 0.436. The van der Waals surface area contributed by atoms with Crippen LogP contribution in [-0.2, 0) is 0 Å². The minimum atomic E-state index is 0.347. The van der Waals surface area contributed by atoms with Crippen molar-refractivity contribution in [2.75, 3.05) is 0 Å². The van der Waals surface area contributed by atoms with Crippen molar-refractivity contribution in [3.8, 4) is 0 Å². The molecule has 1 rings (SSSR count). The highest BCUT2D eigenvalue weighted by atomic mass is 14.2. The molecule has 0 atom stereocenters. The van der Waals surface area contributed by atoms with Crippen LogP contribution in [0, 0.1) is 5.41 Å². The lowest BCUT2D eigenvalue weighted by Gasteiger charge is -2.20. The van der Waals surface area contributed by atoms with Crippen LogP contribution in [-0.4, -0.2) is 0 Å². The molecule has 0 saturated carbocycles. The molecule has 0 aromatic rings. The Bertz CT molecular complexity index is 287. The zero-order valence-electron chi connectivity index (χ0n) is 10.6. The minimum Gasteiger partial charge on any atom is -0.0839 e. The Morgan fingerprint density at radius 3 is 2.47 bits per heavy atom. The Kier molecular flexibility index (Phi) is 4.38. The fourth-order valence-electron chi connectivity index (χ4n) is 1.81. The minimum absolute atomic E-state index is 0.347. The van der Waals surface area contributed by atoms with Crippen molar-refractivity contribution in [1.29, 1.82) is 0 Å². The molecule has 0 aromatic heterocycles. The zero-order chi connectivity index (χ0) is 11.3. The van der Waals surface area contributed by atoms with Crippen LogP contribution in [0.1, 0.15) is 53.4 Å². The van der Waals surface area contributed by atoms with Crippen molar-refractivity contribution in [2.45, 2.75) is 53.4 Å². The summed E-state index contributed by atoms with van der Waals surface area (Å²) in [4.78, 5) is 0. The normalized spacial score (nSPS) is 22.7. The van der Waals surface area contributed by atoms with E-state index < -0.39 is 0 Å². The van der Waals surface area contributed by atoms with Crippen LogP contribution < -0.4 is 0 Å². The molecule has 0 spiro atoms. The molecule has 0 amide bonds. The molecule has 0 heterocycles. The number of hydrogen-bond acceptors (Lipinski definition) is 0. The molecule has 0 aromatic carbocycles. The van der Waals surface area contributed by atoms with Crippen molar-refractivity contribution in [3.05, 3.63) is 35.5 Å². The van der Waals surface area contributed by atoms with Gasteiger partial charge in [0.15, 0.2) is 0 Å². The monoisotopic (exact) mass is 204 g/mol. The molecule has 0 radical (unpaired) electrons. The third-order valence-corrected chi connectivity index (χ3v) is 3.11. The summed E-state index contributed by atoms with van der Waals surface area (Å²) in [5, 5.41) is 0. The van der Waals surface area contributed by atoms with Gasteiger partial charge < -0.3 is 0 Å². The van der Waals surface area contributed by atoms with E-state index in [0.29, 0.717) is 5.41 Å². The van der Waals surface area contributed by atoms with Gasteiger partial charge in [-0.2, -0.15) is 0 Å². The second kappa shape index (κ2) is 5.34. The molecule has 0 bridgehead atoms. The van der Waals surface area contributed by atoms with Crippen LogP contribution in [0.15, 0.2) is 35.5 Å². The second-order valence-electron chi connectivity index (χ2n) is 5.43. The summed E-state index contributed by atoms with van der Waals surface area (Å²) in [7, 11) is 0. The van der Waals surface area contributed by atoms with E-state index in [1.165, 1.54) is 24.0 Å². The van der Waals surface area contributed by atoms with Gasteiger partial charge in [0.2, 0.25) is 0 Å². The van der Waals surface area contributed by atoms with Gasteiger partial charge in [-0.05, 0) is 44.9 Å². The standard InChI is InChI=1S/C15H24/c1-13-7-5-8-14(2)10-12-15(3,4)11-6-9-13/h6-8,11H,5,9-10,12H2,1-4H3. The van der Waals surface area contributed by atoms with Crippen LogP contribution in [0.5, 0.6) is 0 Å². The Labute approximate surface area is 94.8 Å². The van der Waals surface area contributed by atoms with Gasteiger partial charge in [0.25, 0.3) is 0 Å². The van der Waals surface area contributed by atoms with Gasteiger partial charge in [0, 0.05) is 0 Å². The van der Waals surface area contributed by atoms with Crippen LogP contribution in [0.4, 0.5) is 0 Å². The summed E-state index contributed by atoms with van der Waals surface area (Å²) in [6.45, 7) is 9.13. The molecular weight excluding hydrogens is 180 g/mol. The Hall–Kier alpha value is -0.780. The predicted octanol–water partition coefficient (Wildman–Crippen LogP) is 5.04. The fourth-order valence-corrected chi connectivity index (χ4v) is 1.81. The lowest BCUT2D eigenvalue weighted by Crippen LogP contribution is -2.07. The van der Waals surface area contributed by atoms with Crippen molar-refractivity contribution in [3.63, 3.8) is 0 Å². The van der Waals surface area contributed by atoms with Gasteiger partial charge in [-0.1, -0.05) is 49.3 Å². The fraction of sp³-hybridized carbons (Fsp3) is 0.600. The lowest BCUT2D eigenvalue weighted by atomic mass is 9.86. The first kappa shape index (κ1) is 12.3. The van der Waals surface area contributed by atoms with Gasteiger partial charge in [0.05, 0.1) is 0 Å². The zero-order valence-corrected chi connectivity index (χ0v) is 10.6. The van der Waals surface area contributed by atoms with Crippen LogP contribution in [0.3, 0.4) is 0 Å². The molecule has 1 aliphatic carbocycles. The first-order chi connectivity index (χ1) is 6.99. The van der Waals surface area contributed by atoms with E-state index in [0.717, 1.165) is 12.8 Å². The molecule has 0 saturated heterocycles. The predicted molar refractivity (Wildman–Crippen MR) is 68.9 cm³/mol. The molecule has 15 heavy (non-hydrogen) atoms. The summed E-state index contributed by atoms with van der Waals surface area (Å²) >= 11 is 0. The Morgan fingerprint density at radius 1 is 1.07 bits per heavy atom. The first-order valence-electron chi connectivity index (χ1n) is 5.98. The highest BCUT2D eigenvalue weighted by Crippen LogP contribution is 2.27. The van der Waals surface area contributed by atoms with Crippen molar-refractivity contribution in [1.82, 2.24) is 0 Å². The molecule has 0 heteroatoms. The molecule has 0 N–H and O–H groups in total. The van der Waals surface area contributed by atoms with Crippen LogP contribution >= 0.6 is 0 Å². The molecule has 0 nitrogen and oxygen atoms in total. The van der Waals surface area contributed by atoms with Gasteiger partial charge in [-0.25, -0.2) is 0 Å². The smallest absolute Gasteiger partial charge is 0.0141 e. The van der Waals surface area contributed by atoms with E-state index >= 15 is 0 Å². The summed E-state index contributed by atoms with van der Waals surface area (Å²) < 4.78 is 0. The molecule has 0 aliphatic heterocycles. The maximum atomic E-state index is 2.38. The van der Waals surface area contributed by atoms with E-state index in [1.54, 1.807) is 0 Å². The van der Waals surface area contributed by atoms with Crippen LogP contribution in [0.2, 0.25) is 0 Å². The third-order valence-electron chi connectivity index (χ3n) is 3.11. The molecular formula is C15H24. The highest BCUT2D eigenvalue weighted by Gasteiger charge is 2.13. The van der Waals surface area contributed by atoms with Crippen molar-refractivity contribution >= 4 is 0 Å². The maximum absolute atomic E-state index is 2.38. The summed E-state index contributed by atoms with van der Waals surface area (Å²) in [5.74, 6) is 0. The summed E-state index contributed by atoms with van der Waals surface area (Å²) in [5.41, 5.74) is 3.36. The number of allylic oxidation sites excluding steroid dienone is 6. The average molecular weight is 204 g/mol. The largest absolute Gasteiger partial charge is 0.0839 e. The maximum Gasteiger partial charge on any atom is -0.0141 e. The van der Waals surface area contributed by atoms with Gasteiger partial charge in [0.1, 0.15) is 0 Å². The number of hydrogen-bond donors (Lipinski definition) is 0. The highest BCUT2D eigenvalue weighted by molar-refractivity contribution is 5.12. The van der Waals surface area contributed by atoms with E-state index in [1.807, 2.05) is 0 Å². The summed E-state index contributed by atoms with van der Waals surface area (Å²) in [6.07, 6.45) is 14.1. The Balaban J connectivity index is 2.78. The SMILES string of the molecule is CC1=CCC=C(C)CCC(C)(C)C=CC1. The van der Waals surface area contributed by atoms with Gasteiger partial charge in [-0.3, -0.25) is 0 Å². The van der Waals surface area contributed by atoms with E-state index in [4.69, 9.17) is 0 Å². The average Bonchev–Trinajstić information content (AvgIpc) is 2.15.